The molecule has 0 aliphatic carbocycles. The number of ether oxygens (including phenoxy) is 1. The molecule has 0 atom stereocenters. The number of nitrogens with one attached hydrogen (secondary N) is 2. The lowest BCUT2D eigenvalue weighted by Crippen LogP contribution is -2.39. The van der Waals surface area contributed by atoms with Crippen LogP contribution in [0, 0.1) is 0 Å². The van der Waals surface area contributed by atoms with Crippen LogP contribution < -0.4 is 21.1 Å². The zero-order valence-electron chi connectivity index (χ0n) is 11.3. The zero-order chi connectivity index (χ0) is 15.8. The van der Waals surface area contributed by atoms with Crippen molar-refractivity contribution in [2.45, 2.75) is 13.2 Å². The quantitative estimate of drug-likeness (QED) is 0.679. The first-order valence-corrected chi connectivity index (χ1v) is 6.27. The highest BCUT2D eigenvalue weighted by molar-refractivity contribution is 6.30. The summed E-state index contributed by atoms with van der Waals surface area (Å²) in [6, 6.07) is 4.08. The summed E-state index contributed by atoms with van der Waals surface area (Å²) in [5.41, 5.74) is 5.35. The average Bonchev–Trinajstić information content (AvgIpc) is 2.44. The van der Waals surface area contributed by atoms with E-state index < -0.39 is 18.4 Å². The number of carbonyl (C=O) groups is 2. The molecule has 0 heterocycles. The number of benzene rings is 1. The van der Waals surface area contributed by atoms with E-state index in [0.717, 1.165) is 0 Å². The Kier molecular flexibility index (Phi) is 9.39. The average molecular weight is 358 g/mol. The summed E-state index contributed by atoms with van der Waals surface area (Å²) < 4.78 is 28.8. The van der Waals surface area contributed by atoms with E-state index in [2.05, 4.69) is 15.4 Å². The van der Waals surface area contributed by atoms with E-state index in [1.54, 1.807) is 0 Å². The van der Waals surface area contributed by atoms with Crippen molar-refractivity contribution in [2.75, 3.05) is 13.1 Å². The molecule has 0 fully saturated rings. The molecule has 6 nitrogen and oxygen atoms in total. The summed E-state index contributed by atoms with van der Waals surface area (Å²) in [6.45, 7) is -3.54. The number of hydrogen-bond donors (Lipinski definition) is 3. The van der Waals surface area contributed by atoms with Gasteiger partial charge in [0.25, 0.3) is 0 Å². The molecule has 4 N–H and O–H groups in total. The molecule has 1 aromatic rings. The number of hydrogen-bond acceptors (Lipinski definition) is 4. The number of carbonyl (C=O) groups excluding carboxylic acids is 2. The summed E-state index contributed by atoms with van der Waals surface area (Å²) in [5, 5.41) is 5.03. The highest BCUT2D eigenvalue weighted by Crippen LogP contribution is 2.24. The van der Waals surface area contributed by atoms with Crippen LogP contribution in [-0.2, 0) is 16.1 Å². The first kappa shape index (κ1) is 20.4. The van der Waals surface area contributed by atoms with Crippen molar-refractivity contribution < 1.29 is 23.1 Å². The molecule has 2 amide bonds. The van der Waals surface area contributed by atoms with Crippen molar-refractivity contribution in [1.29, 1.82) is 0 Å². The van der Waals surface area contributed by atoms with E-state index in [-0.39, 0.29) is 37.8 Å². The van der Waals surface area contributed by atoms with Crippen LogP contribution in [0.2, 0.25) is 5.02 Å². The van der Waals surface area contributed by atoms with E-state index >= 15 is 0 Å². The molecule has 0 saturated carbocycles. The van der Waals surface area contributed by atoms with E-state index in [4.69, 9.17) is 17.3 Å². The summed E-state index contributed by atoms with van der Waals surface area (Å²) in [5.74, 6) is -1.06. The lowest BCUT2D eigenvalue weighted by Gasteiger charge is -2.12. The Morgan fingerprint density at radius 1 is 1.27 bits per heavy atom. The number of nitrogens with two attached hydrogens (primary N) is 1. The van der Waals surface area contributed by atoms with Gasteiger partial charge in [-0.2, -0.15) is 8.78 Å². The predicted octanol–water partition coefficient (Wildman–Crippen LogP) is 1.05. The molecule has 0 unspecified atom stereocenters. The molecule has 0 spiro atoms. The van der Waals surface area contributed by atoms with Crippen LogP contribution in [0.5, 0.6) is 5.75 Å². The molecule has 0 aliphatic heterocycles. The second-order valence-corrected chi connectivity index (χ2v) is 4.32. The van der Waals surface area contributed by atoms with Crippen LogP contribution in [-0.4, -0.2) is 31.5 Å². The maximum absolute atomic E-state index is 12.2. The maximum atomic E-state index is 12.2. The maximum Gasteiger partial charge on any atom is 0.387 e. The second kappa shape index (κ2) is 10.1. The van der Waals surface area contributed by atoms with E-state index in [9.17, 15) is 18.4 Å². The number of alkyl halides is 2. The SMILES string of the molecule is Cl.NCC(=O)NCC(=O)NCc1cc(Cl)ccc1OC(F)F. The minimum atomic E-state index is -2.98. The number of amides is 2. The Hall–Kier alpha value is -1.64. The summed E-state index contributed by atoms with van der Waals surface area (Å²) in [7, 11) is 0. The normalized spacial score (nSPS) is 9.86. The number of halogens is 4. The van der Waals surface area contributed by atoms with Gasteiger partial charge in [-0.25, -0.2) is 0 Å². The third-order valence-electron chi connectivity index (χ3n) is 2.35. The lowest BCUT2D eigenvalue weighted by atomic mass is 10.2. The van der Waals surface area contributed by atoms with Gasteiger partial charge in [-0.05, 0) is 18.2 Å². The van der Waals surface area contributed by atoms with Crippen LogP contribution in [0.3, 0.4) is 0 Å². The molecule has 0 aliphatic rings. The summed E-state index contributed by atoms with van der Waals surface area (Å²) in [4.78, 5) is 22.3. The van der Waals surface area contributed by atoms with Crippen molar-refractivity contribution in [3.63, 3.8) is 0 Å². The molecule has 10 heteroatoms. The molecule has 0 aromatic heterocycles. The van der Waals surface area contributed by atoms with Crippen LogP contribution >= 0.6 is 24.0 Å². The molecule has 1 rings (SSSR count). The Morgan fingerprint density at radius 3 is 2.55 bits per heavy atom. The third kappa shape index (κ3) is 7.39. The van der Waals surface area contributed by atoms with Crippen LogP contribution in [0.25, 0.3) is 0 Å². The van der Waals surface area contributed by atoms with Crippen molar-refractivity contribution in [2.24, 2.45) is 5.73 Å². The highest BCUT2D eigenvalue weighted by atomic mass is 35.5. The third-order valence-corrected chi connectivity index (χ3v) is 2.58. The molecular weight excluding hydrogens is 343 g/mol. The fourth-order valence-corrected chi connectivity index (χ4v) is 1.60. The molecular formula is C12H15Cl2F2N3O3. The van der Waals surface area contributed by atoms with Crippen LogP contribution in [0.1, 0.15) is 5.56 Å². The van der Waals surface area contributed by atoms with Gasteiger partial charge in [0.2, 0.25) is 11.8 Å². The first-order chi connectivity index (χ1) is 9.92. The molecule has 22 heavy (non-hydrogen) atoms. The van der Waals surface area contributed by atoms with Gasteiger partial charge in [0.1, 0.15) is 5.75 Å². The van der Waals surface area contributed by atoms with E-state index in [0.29, 0.717) is 10.6 Å². The molecule has 1 aromatic carbocycles. The fraction of sp³-hybridized carbons (Fsp3) is 0.333. The topological polar surface area (TPSA) is 93.5 Å². The predicted molar refractivity (Wildman–Crippen MR) is 79.2 cm³/mol. The first-order valence-electron chi connectivity index (χ1n) is 5.89. The van der Waals surface area contributed by atoms with Crippen molar-refractivity contribution >= 4 is 35.8 Å². The van der Waals surface area contributed by atoms with Crippen molar-refractivity contribution in [1.82, 2.24) is 10.6 Å². The van der Waals surface area contributed by atoms with Crippen LogP contribution in [0.15, 0.2) is 18.2 Å². The Labute approximate surface area is 136 Å². The van der Waals surface area contributed by atoms with E-state index in [1.165, 1.54) is 18.2 Å². The Morgan fingerprint density at radius 2 is 1.95 bits per heavy atom. The van der Waals surface area contributed by atoms with Crippen molar-refractivity contribution in [3.8, 4) is 5.75 Å². The monoisotopic (exact) mass is 357 g/mol. The standard InChI is InChI=1S/C12H14ClF2N3O3.ClH/c13-8-1-2-9(21-12(14)15)7(3-8)5-17-11(20)6-18-10(19)4-16;/h1-3,12H,4-6,16H2,(H,17,20)(H,18,19);1H. The van der Waals surface area contributed by atoms with Gasteiger partial charge < -0.3 is 21.1 Å². The van der Waals surface area contributed by atoms with Crippen LogP contribution in [0.4, 0.5) is 8.78 Å². The molecule has 0 saturated heterocycles. The second-order valence-electron chi connectivity index (χ2n) is 3.89. The highest BCUT2D eigenvalue weighted by Gasteiger charge is 2.11. The largest absolute Gasteiger partial charge is 0.434 e. The van der Waals surface area contributed by atoms with Gasteiger partial charge in [-0.15, -0.1) is 12.4 Å². The van der Waals surface area contributed by atoms with Gasteiger partial charge in [-0.1, -0.05) is 11.6 Å². The Balaban J connectivity index is 0.00000441. The van der Waals surface area contributed by atoms with Gasteiger partial charge in [0.15, 0.2) is 0 Å². The minimum absolute atomic E-state index is 0. The Bertz CT molecular complexity index is 518. The van der Waals surface area contributed by atoms with E-state index in [1.807, 2.05) is 0 Å². The molecule has 0 radical (unpaired) electrons. The number of rotatable bonds is 7. The van der Waals surface area contributed by atoms with Crippen molar-refractivity contribution in [3.05, 3.63) is 28.8 Å². The summed E-state index contributed by atoms with van der Waals surface area (Å²) in [6.07, 6.45) is 0. The fourth-order valence-electron chi connectivity index (χ4n) is 1.40. The van der Waals surface area contributed by atoms with Gasteiger partial charge in [0, 0.05) is 17.1 Å². The minimum Gasteiger partial charge on any atom is -0.434 e. The molecule has 0 bridgehead atoms. The lowest BCUT2D eigenvalue weighted by molar-refractivity contribution is -0.125. The van der Waals surface area contributed by atoms with Gasteiger partial charge in [-0.3, -0.25) is 9.59 Å². The smallest absolute Gasteiger partial charge is 0.387 e. The zero-order valence-corrected chi connectivity index (χ0v) is 12.8. The van der Waals surface area contributed by atoms with Gasteiger partial charge >= 0.3 is 6.61 Å². The summed E-state index contributed by atoms with van der Waals surface area (Å²) >= 11 is 5.76. The molecule has 124 valence electrons. The van der Waals surface area contributed by atoms with Gasteiger partial charge in [0.05, 0.1) is 13.1 Å².